The lowest BCUT2D eigenvalue weighted by Crippen LogP contribution is -2.30. The number of benzene rings is 1. The zero-order chi connectivity index (χ0) is 14.6. The molecule has 0 heterocycles. The third-order valence-electron chi connectivity index (χ3n) is 3.80. The molecule has 0 radical (unpaired) electrons. The van der Waals surface area contributed by atoms with E-state index >= 15 is 0 Å². The lowest BCUT2D eigenvalue weighted by Gasteiger charge is -2.33. The van der Waals surface area contributed by atoms with E-state index in [1.807, 2.05) is 0 Å². The van der Waals surface area contributed by atoms with E-state index in [2.05, 4.69) is 78.6 Å². The molecule has 0 bridgehead atoms. The van der Waals surface area contributed by atoms with Gasteiger partial charge in [0.1, 0.15) is 0 Å². The fourth-order valence-electron chi connectivity index (χ4n) is 3.04. The molecule has 0 unspecified atom stereocenters. The van der Waals surface area contributed by atoms with Crippen molar-refractivity contribution in [2.75, 3.05) is 10.7 Å². The van der Waals surface area contributed by atoms with Crippen LogP contribution in [-0.2, 0) is 6.42 Å². The molecule has 0 aliphatic heterocycles. The average Bonchev–Trinajstić information content (AvgIpc) is 2.31. The molecule has 0 fully saturated rings. The summed E-state index contributed by atoms with van der Waals surface area (Å²) in [5.74, 6) is 0.723. The first kappa shape index (κ1) is 17.2. The van der Waals surface area contributed by atoms with Crippen molar-refractivity contribution in [1.82, 2.24) is 0 Å². The van der Waals surface area contributed by atoms with Crippen molar-refractivity contribution < 1.29 is 0 Å². The van der Waals surface area contributed by atoms with E-state index < -0.39 is 0 Å². The zero-order valence-corrected chi connectivity index (χ0v) is 16.0. The SMILES string of the molecule is Cc1cc(C)c(CC(CBr)(CBr)CC(C)C)c(C)c1. The van der Waals surface area contributed by atoms with Gasteiger partial charge < -0.3 is 0 Å². The number of hydrogen-bond acceptors (Lipinski definition) is 0. The molecular formula is C17H26Br2. The van der Waals surface area contributed by atoms with Gasteiger partial charge in [-0.2, -0.15) is 0 Å². The van der Waals surface area contributed by atoms with E-state index in [-0.39, 0.29) is 0 Å². The minimum absolute atomic E-state index is 0.318. The molecule has 0 nitrogen and oxygen atoms in total. The lowest BCUT2D eigenvalue weighted by atomic mass is 9.77. The van der Waals surface area contributed by atoms with Crippen LogP contribution in [0.5, 0.6) is 0 Å². The molecule has 0 aromatic heterocycles. The van der Waals surface area contributed by atoms with Crippen LogP contribution in [0.4, 0.5) is 0 Å². The summed E-state index contributed by atoms with van der Waals surface area (Å²) in [6.07, 6.45) is 2.40. The smallest absolute Gasteiger partial charge is 0.00992 e. The molecule has 1 rings (SSSR count). The quantitative estimate of drug-likeness (QED) is 0.525. The monoisotopic (exact) mass is 388 g/mol. The standard InChI is InChI=1S/C17H26Br2/c1-12(2)8-17(10-18,11-19)9-16-14(4)6-13(3)7-15(16)5/h6-7,12H,8-11H2,1-5H3. The van der Waals surface area contributed by atoms with Crippen molar-refractivity contribution >= 4 is 31.9 Å². The van der Waals surface area contributed by atoms with Gasteiger partial charge in [-0.15, -0.1) is 0 Å². The van der Waals surface area contributed by atoms with E-state index in [0.29, 0.717) is 5.41 Å². The summed E-state index contributed by atoms with van der Waals surface area (Å²) in [5, 5.41) is 2.10. The summed E-state index contributed by atoms with van der Waals surface area (Å²) in [7, 11) is 0. The van der Waals surface area contributed by atoms with Crippen LogP contribution in [0.3, 0.4) is 0 Å². The van der Waals surface area contributed by atoms with E-state index in [0.717, 1.165) is 23.0 Å². The Morgan fingerprint density at radius 1 is 1.00 bits per heavy atom. The molecule has 2 heteroatoms. The third kappa shape index (κ3) is 4.60. The Hall–Kier alpha value is 0.180. The Kier molecular flexibility index (Phi) is 6.59. The molecule has 0 atom stereocenters. The second kappa shape index (κ2) is 7.26. The maximum atomic E-state index is 3.75. The molecule has 0 spiro atoms. The van der Waals surface area contributed by atoms with Crippen molar-refractivity contribution in [1.29, 1.82) is 0 Å². The molecule has 1 aromatic rings. The van der Waals surface area contributed by atoms with Gasteiger partial charge in [0.15, 0.2) is 0 Å². The summed E-state index contributed by atoms with van der Waals surface area (Å²) in [6.45, 7) is 11.3. The Morgan fingerprint density at radius 3 is 1.84 bits per heavy atom. The Morgan fingerprint density at radius 2 is 1.47 bits per heavy atom. The predicted molar refractivity (Wildman–Crippen MR) is 93.8 cm³/mol. The maximum Gasteiger partial charge on any atom is 0.00992 e. The molecule has 0 saturated carbocycles. The first-order valence-electron chi connectivity index (χ1n) is 7.02. The summed E-state index contributed by atoms with van der Waals surface area (Å²) in [6, 6.07) is 4.62. The average molecular weight is 390 g/mol. The van der Waals surface area contributed by atoms with E-state index in [1.165, 1.54) is 28.7 Å². The Balaban J connectivity index is 3.10. The highest BCUT2D eigenvalue weighted by molar-refractivity contribution is 9.09. The number of hydrogen-bond donors (Lipinski definition) is 0. The van der Waals surface area contributed by atoms with Crippen molar-refractivity contribution in [3.63, 3.8) is 0 Å². The molecule has 0 aliphatic carbocycles. The zero-order valence-electron chi connectivity index (χ0n) is 12.8. The highest BCUT2D eigenvalue weighted by atomic mass is 79.9. The Labute approximate surface area is 135 Å². The van der Waals surface area contributed by atoms with Gasteiger partial charge in [0.25, 0.3) is 0 Å². The van der Waals surface area contributed by atoms with Crippen LogP contribution in [0, 0.1) is 32.1 Å². The van der Waals surface area contributed by atoms with Crippen molar-refractivity contribution in [2.24, 2.45) is 11.3 Å². The van der Waals surface area contributed by atoms with Crippen LogP contribution < -0.4 is 0 Å². The fourth-order valence-corrected chi connectivity index (χ4v) is 4.82. The van der Waals surface area contributed by atoms with Crippen molar-refractivity contribution in [3.05, 3.63) is 34.4 Å². The van der Waals surface area contributed by atoms with Gasteiger partial charge in [-0.05, 0) is 61.6 Å². The van der Waals surface area contributed by atoms with Crippen LogP contribution >= 0.6 is 31.9 Å². The largest absolute Gasteiger partial charge is 0.0922 e. The second-order valence-corrected chi connectivity index (χ2v) is 7.54. The van der Waals surface area contributed by atoms with Gasteiger partial charge in [-0.3, -0.25) is 0 Å². The summed E-state index contributed by atoms with van der Waals surface area (Å²) in [5.41, 5.74) is 6.09. The predicted octanol–water partition coefficient (Wildman–Crippen LogP) is 5.98. The van der Waals surface area contributed by atoms with Gasteiger partial charge in [-0.25, -0.2) is 0 Å². The molecule has 0 amide bonds. The molecule has 0 saturated heterocycles. The van der Waals surface area contributed by atoms with Crippen LogP contribution in [0.2, 0.25) is 0 Å². The molecule has 0 N–H and O–H groups in total. The number of alkyl halides is 2. The van der Waals surface area contributed by atoms with Crippen molar-refractivity contribution in [2.45, 2.75) is 47.5 Å². The van der Waals surface area contributed by atoms with Crippen LogP contribution in [0.15, 0.2) is 12.1 Å². The highest BCUT2D eigenvalue weighted by Gasteiger charge is 2.30. The highest BCUT2D eigenvalue weighted by Crippen LogP contribution is 2.36. The number of halogens is 2. The minimum Gasteiger partial charge on any atom is -0.0922 e. The summed E-state index contributed by atoms with van der Waals surface area (Å²) >= 11 is 7.51. The summed E-state index contributed by atoms with van der Waals surface area (Å²) in [4.78, 5) is 0. The van der Waals surface area contributed by atoms with Gasteiger partial charge in [0, 0.05) is 10.7 Å². The summed E-state index contributed by atoms with van der Waals surface area (Å²) < 4.78 is 0. The molecule has 0 aliphatic rings. The normalized spacial score (nSPS) is 12.2. The Bertz CT molecular complexity index is 394. The minimum atomic E-state index is 0.318. The third-order valence-corrected chi connectivity index (χ3v) is 6.18. The number of aryl methyl sites for hydroxylation is 3. The molecule has 1 aromatic carbocycles. The first-order valence-corrected chi connectivity index (χ1v) is 9.26. The van der Waals surface area contributed by atoms with Gasteiger partial charge in [0.05, 0.1) is 0 Å². The number of rotatable bonds is 6. The molecular weight excluding hydrogens is 364 g/mol. The van der Waals surface area contributed by atoms with E-state index in [1.54, 1.807) is 0 Å². The van der Waals surface area contributed by atoms with Gasteiger partial charge in [-0.1, -0.05) is 63.4 Å². The maximum absolute atomic E-state index is 3.75. The molecule has 19 heavy (non-hydrogen) atoms. The second-order valence-electron chi connectivity index (χ2n) is 6.42. The van der Waals surface area contributed by atoms with Crippen LogP contribution in [-0.4, -0.2) is 10.7 Å². The lowest BCUT2D eigenvalue weighted by molar-refractivity contribution is 0.303. The first-order chi connectivity index (χ1) is 8.83. The van der Waals surface area contributed by atoms with E-state index in [9.17, 15) is 0 Å². The van der Waals surface area contributed by atoms with Gasteiger partial charge >= 0.3 is 0 Å². The van der Waals surface area contributed by atoms with Crippen LogP contribution in [0.1, 0.15) is 42.5 Å². The van der Waals surface area contributed by atoms with Crippen LogP contribution in [0.25, 0.3) is 0 Å². The van der Waals surface area contributed by atoms with Gasteiger partial charge in [0.2, 0.25) is 0 Å². The fraction of sp³-hybridized carbons (Fsp3) is 0.647. The topological polar surface area (TPSA) is 0 Å². The molecule has 108 valence electrons. The van der Waals surface area contributed by atoms with Crippen molar-refractivity contribution in [3.8, 4) is 0 Å². The van der Waals surface area contributed by atoms with E-state index in [4.69, 9.17) is 0 Å².